The summed E-state index contributed by atoms with van der Waals surface area (Å²) in [5, 5.41) is 4.27. The molecule has 2 fully saturated rings. The summed E-state index contributed by atoms with van der Waals surface area (Å²) in [6.07, 6.45) is 6.22. The molecule has 5 rings (SSSR count). The molecule has 2 heterocycles. The van der Waals surface area contributed by atoms with Gasteiger partial charge in [-0.15, -0.1) is 0 Å². The molecule has 2 aromatic carbocycles. The first-order valence-corrected chi connectivity index (χ1v) is 12.9. The Morgan fingerprint density at radius 1 is 1.11 bits per heavy atom. The molecule has 1 amide bonds. The SMILES string of the molecule is CCCC1CCCCN1C(=O)c1cccc(-c2cccc(-n3ncc(C(=O)OC)c3C3CC3(F)F)c2)c1. The van der Waals surface area contributed by atoms with Gasteiger partial charge in [-0.3, -0.25) is 4.79 Å². The van der Waals surface area contributed by atoms with Crippen LogP contribution >= 0.6 is 0 Å². The normalized spacial score (nSPS) is 20.5. The number of alkyl halides is 2. The van der Waals surface area contributed by atoms with Crippen molar-refractivity contribution in [2.45, 2.75) is 63.3 Å². The van der Waals surface area contributed by atoms with Crippen LogP contribution in [0.4, 0.5) is 8.78 Å². The minimum atomic E-state index is -2.88. The Labute approximate surface area is 215 Å². The van der Waals surface area contributed by atoms with E-state index in [9.17, 15) is 18.4 Å². The number of amides is 1. The number of piperidine rings is 1. The standard InChI is InChI=1S/C29H31F2N3O3/c1-3-8-22-12-4-5-14-33(22)27(35)21-11-6-9-19(15-21)20-10-7-13-23(16-20)34-26(25-17-29(25,30)31)24(18-32-34)28(36)37-2/h6-7,9-11,13,15-16,18,22,25H,3-5,8,12,14,17H2,1-2H3. The Hall–Kier alpha value is -3.55. The van der Waals surface area contributed by atoms with Gasteiger partial charge in [0.25, 0.3) is 11.8 Å². The van der Waals surface area contributed by atoms with Crippen LogP contribution in [-0.2, 0) is 4.74 Å². The van der Waals surface area contributed by atoms with Crippen molar-refractivity contribution in [2.75, 3.05) is 13.7 Å². The van der Waals surface area contributed by atoms with Gasteiger partial charge < -0.3 is 9.64 Å². The maximum Gasteiger partial charge on any atom is 0.341 e. The number of carbonyl (C=O) groups is 2. The second-order valence-electron chi connectivity index (χ2n) is 9.93. The largest absolute Gasteiger partial charge is 0.465 e. The van der Waals surface area contributed by atoms with Crippen LogP contribution in [0.2, 0.25) is 0 Å². The number of hydrogen-bond acceptors (Lipinski definition) is 4. The van der Waals surface area contributed by atoms with Gasteiger partial charge in [-0.2, -0.15) is 5.10 Å². The van der Waals surface area contributed by atoms with Crippen LogP contribution in [0.1, 0.15) is 77.8 Å². The molecule has 1 aromatic heterocycles. The van der Waals surface area contributed by atoms with Gasteiger partial charge in [0.15, 0.2) is 0 Å². The van der Waals surface area contributed by atoms with Crippen LogP contribution in [0.5, 0.6) is 0 Å². The summed E-state index contributed by atoms with van der Waals surface area (Å²) in [6, 6.07) is 15.1. The fourth-order valence-corrected chi connectivity index (χ4v) is 5.39. The predicted octanol–water partition coefficient (Wildman–Crippen LogP) is 6.24. The molecular formula is C29H31F2N3O3. The molecule has 0 radical (unpaired) electrons. The number of hydrogen-bond donors (Lipinski definition) is 0. The number of carbonyl (C=O) groups excluding carboxylic acids is 2. The number of benzene rings is 2. The molecular weight excluding hydrogens is 476 g/mol. The third-order valence-corrected chi connectivity index (χ3v) is 7.41. The van der Waals surface area contributed by atoms with Crippen molar-refractivity contribution < 1.29 is 23.1 Å². The highest BCUT2D eigenvalue weighted by Gasteiger charge is 2.60. The van der Waals surface area contributed by atoms with E-state index in [1.165, 1.54) is 18.0 Å². The highest BCUT2D eigenvalue weighted by molar-refractivity contribution is 5.96. The number of halogens is 2. The first-order valence-electron chi connectivity index (χ1n) is 12.9. The minimum Gasteiger partial charge on any atom is -0.465 e. The molecule has 0 N–H and O–H groups in total. The maximum atomic E-state index is 14.1. The van der Waals surface area contributed by atoms with Crippen molar-refractivity contribution in [1.82, 2.24) is 14.7 Å². The fraction of sp³-hybridized carbons (Fsp3) is 0.414. The van der Waals surface area contributed by atoms with Gasteiger partial charge in [-0.1, -0.05) is 37.6 Å². The fourth-order valence-electron chi connectivity index (χ4n) is 5.39. The lowest BCUT2D eigenvalue weighted by molar-refractivity contribution is 0.0591. The van der Waals surface area contributed by atoms with E-state index in [0.717, 1.165) is 49.8 Å². The molecule has 6 nitrogen and oxygen atoms in total. The van der Waals surface area contributed by atoms with Crippen molar-refractivity contribution in [3.05, 3.63) is 71.5 Å². The maximum absolute atomic E-state index is 14.1. The number of methoxy groups -OCH3 is 1. The lowest BCUT2D eigenvalue weighted by atomic mass is 9.96. The molecule has 3 aromatic rings. The van der Waals surface area contributed by atoms with E-state index in [2.05, 4.69) is 12.0 Å². The molecule has 8 heteroatoms. The van der Waals surface area contributed by atoms with Crippen LogP contribution in [-0.4, -0.2) is 52.2 Å². The summed E-state index contributed by atoms with van der Waals surface area (Å²) >= 11 is 0. The van der Waals surface area contributed by atoms with Gasteiger partial charge in [-0.25, -0.2) is 18.3 Å². The quantitative estimate of drug-likeness (QED) is 0.355. The van der Waals surface area contributed by atoms with Gasteiger partial charge in [0, 0.05) is 24.6 Å². The lowest BCUT2D eigenvalue weighted by Crippen LogP contribution is -2.43. The minimum absolute atomic E-state index is 0.0456. The van der Waals surface area contributed by atoms with E-state index in [-0.39, 0.29) is 29.6 Å². The predicted molar refractivity (Wildman–Crippen MR) is 136 cm³/mol. The van der Waals surface area contributed by atoms with Gasteiger partial charge in [0.05, 0.1) is 30.6 Å². The summed E-state index contributed by atoms with van der Waals surface area (Å²) in [4.78, 5) is 27.7. The number of esters is 1. The summed E-state index contributed by atoms with van der Waals surface area (Å²) in [7, 11) is 1.22. The zero-order chi connectivity index (χ0) is 26.2. The van der Waals surface area contributed by atoms with Crippen LogP contribution in [0.15, 0.2) is 54.7 Å². The molecule has 1 saturated heterocycles. The molecule has 194 valence electrons. The second kappa shape index (κ2) is 10.1. The van der Waals surface area contributed by atoms with E-state index in [1.54, 1.807) is 6.07 Å². The summed E-state index contributed by atoms with van der Waals surface area (Å²) in [5.74, 6) is -4.61. The Bertz CT molecular complexity index is 1320. The molecule has 1 aliphatic heterocycles. The summed E-state index contributed by atoms with van der Waals surface area (Å²) in [6.45, 7) is 2.92. The molecule has 1 saturated carbocycles. The molecule has 2 unspecified atom stereocenters. The second-order valence-corrected chi connectivity index (χ2v) is 9.93. The van der Waals surface area contributed by atoms with Gasteiger partial charge >= 0.3 is 5.97 Å². The topological polar surface area (TPSA) is 64.4 Å². The van der Waals surface area contributed by atoms with E-state index >= 15 is 0 Å². The average Bonchev–Trinajstić information content (AvgIpc) is 3.33. The van der Waals surface area contributed by atoms with Crippen molar-refractivity contribution >= 4 is 11.9 Å². The lowest BCUT2D eigenvalue weighted by Gasteiger charge is -2.36. The third-order valence-electron chi connectivity index (χ3n) is 7.41. The monoisotopic (exact) mass is 507 g/mol. The third kappa shape index (κ3) is 4.89. The van der Waals surface area contributed by atoms with E-state index in [4.69, 9.17) is 4.74 Å². The average molecular weight is 508 g/mol. The first-order chi connectivity index (χ1) is 17.8. The van der Waals surface area contributed by atoms with Crippen LogP contribution in [0.3, 0.4) is 0 Å². The molecule has 0 spiro atoms. The summed E-state index contributed by atoms with van der Waals surface area (Å²) in [5.41, 5.74) is 3.06. The Balaban J connectivity index is 1.47. The van der Waals surface area contributed by atoms with Crippen molar-refractivity contribution in [2.24, 2.45) is 0 Å². The van der Waals surface area contributed by atoms with E-state index in [0.29, 0.717) is 11.3 Å². The number of likely N-dealkylation sites (tertiary alicyclic amines) is 1. The van der Waals surface area contributed by atoms with Gasteiger partial charge in [0.2, 0.25) is 0 Å². The van der Waals surface area contributed by atoms with E-state index in [1.807, 2.05) is 47.4 Å². The summed E-state index contributed by atoms with van der Waals surface area (Å²) < 4.78 is 34.3. The van der Waals surface area contributed by atoms with Crippen LogP contribution in [0, 0.1) is 0 Å². The number of nitrogens with zero attached hydrogens (tertiary/aromatic N) is 3. The molecule has 1 aliphatic carbocycles. The molecule has 2 atom stereocenters. The molecule has 0 bridgehead atoms. The first kappa shape index (κ1) is 25.1. The smallest absolute Gasteiger partial charge is 0.341 e. The zero-order valence-electron chi connectivity index (χ0n) is 21.1. The van der Waals surface area contributed by atoms with Crippen molar-refractivity contribution in [3.8, 4) is 16.8 Å². The zero-order valence-corrected chi connectivity index (χ0v) is 21.1. The number of rotatable bonds is 7. The molecule has 37 heavy (non-hydrogen) atoms. The van der Waals surface area contributed by atoms with Gasteiger partial charge in [-0.05, 0) is 61.1 Å². The van der Waals surface area contributed by atoms with Crippen molar-refractivity contribution in [1.29, 1.82) is 0 Å². The molecule has 2 aliphatic rings. The number of ether oxygens (including phenoxy) is 1. The van der Waals surface area contributed by atoms with Gasteiger partial charge in [0.1, 0.15) is 5.56 Å². The van der Waals surface area contributed by atoms with Crippen LogP contribution < -0.4 is 0 Å². The van der Waals surface area contributed by atoms with Crippen molar-refractivity contribution in [3.63, 3.8) is 0 Å². The highest BCUT2D eigenvalue weighted by Crippen LogP contribution is 2.56. The Morgan fingerprint density at radius 2 is 1.84 bits per heavy atom. The Kier molecular flexibility index (Phi) is 6.84. The highest BCUT2D eigenvalue weighted by atomic mass is 19.3. The van der Waals surface area contributed by atoms with Crippen LogP contribution in [0.25, 0.3) is 16.8 Å². The number of aromatic nitrogens is 2. The van der Waals surface area contributed by atoms with E-state index < -0.39 is 17.8 Å². The Morgan fingerprint density at radius 3 is 2.54 bits per heavy atom.